The van der Waals surface area contributed by atoms with Gasteiger partial charge in [-0.15, -0.1) is 11.8 Å². The second-order valence-corrected chi connectivity index (χ2v) is 5.29. The first-order valence-corrected chi connectivity index (χ1v) is 6.78. The van der Waals surface area contributed by atoms with Gasteiger partial charge in [0.15, 0.2) is 0 Å². The number of carboxylic acid groups (broad SMARTS) is 1. The van der Waals surface area contributed by atoms with Crippen LogP contribution in [0.5, 0.6) is 0 Å². The van der Waals surface area contributed by atoms with Crippen LogP contribution in [0.1, 0.15) is 17.4 Å². The van der Waals surface area contributed by atoms with Crippen LogP contribution in [0.15, 0.2) is 23.2 Å². The summed E-state index contributed by atoms with van der Waals surface area (Å²) < 4.78 is 0. The molecule has 5 heteroatoms. The zero-order valence-electron chi connectivity index (χ0n) is 8.47. The van der Waals surface area contributed by atoms with Gasteiger partial charge in [0.05, 0.1) is 0 Å². The van der Waals surface area contributed by atoms with Crippen LogP contribution in [0.4, 0.5) is 0 Å². The number of aromatic carboxylic acids is 1. The molecule has 0 radical (unpaired) electrons. The third kappa shape index (κ3) is 4.57. The van der Waals surface area contributed by atoms with Gasteiger partial charge in [-0.3, -0.25) is 0 Å². The van der Waals surface area contributed by atoms with Crippen molar-refractivity contribution in [2.24, 2.45) is 0 Å². The van der Waals surface area contributed by atoms with E-state index in [4.69, 9.17) is 5.11 Å². The molecule has 1 aromatic rings. The van der Waals surface area contributed by atoms with Gasteiger partial charge >= 0.3 is 5.97 Å². The Morgan fingerprint density at radius 1 is 1.53 bits per heavy atom. The van der Waals surface area contributed by atoms with Crippen molar-refractivity contribution in [1.29, 1.82) is 0 Å². The van der Waals surface area contributed by atoms with Crippen molar-refractivity contribution in [1.82, 2.24) is 4.98 Å². The summed E-state index contributed by atoms with van der Waals surface area (Å²) in [6, 6.07) is 3.46. The van der Waals surface area contributed by atoms with Crippen LogP contribution in [0, 0.1) is 0 Å². The van der Waals surface area contributed by atoms with Crippen molar-refractivity contribution in [3.63, 3.8) is 0 Å². The Labute approximate surface area is 97.7 Å². The number of carboxylic acids is 1. The van der Waals surface area contributed by atoms with E-state index in [1.54, 1.807) is 24.0 Å². The largest absolute Gasteiger partial charge is 0.477 e. The molecule has 0 aliphatic heterocycles. The van der Waals surface area contributed by atoms with E-state index in [0.29, 0.717) is 0 Å². The number of aromatic nitrogens is 1. The highest BCUT2D eigenvalue weighted by atomic mass is 32.2. The molecule has 1 aromatic heterocycles. The van der Waals surface area contributed by atoms with Crippen molar-refractivity contribution < 1.29 is 9.90 Å². The molecule has 0 saturated carbocycles. The number of thioether (sulfide) groups is 2. The van der Waals surface area contributed by atoms with Gasteiger partial charge in [0.25, 0.3) is 0 Å². The summed E-state index contributed by atoms with van der Waals surface area (Å²) in [6.07, 6.45) is 1.54. The summed E-state index contributed by atoms with van der Waals surface area (Å²) >= 11 is 3.55. The quantitative estimate of drug-likeness (QED) is 0.615. The zero-order valence-corrected chi connectivity index (χ0v) is 10.1. The highest BCUT2D eigenvalue weighted by Gasteiger charge is 2.04. The highest BCUT2D eigenvalue weighted by molar-refractivity contribution is 8.02. The summed E-state index contributed by atoms with van der Waals surface area (Å²) in [6.45, 7) is 2.13. The van der Waals surface area contributed by atoms with Crippen molar-refractivity contribution in [3.05, 3.63) is 24.0 Å². The summed E-state index contributed by atoms with van der Waals surface area (Å²) in [7, 11) is 0. The number of carbonyl (C=O) groups is 1. The molecule has 0 bridgehead atoms. The van der Waals surface area contributed by atoms with Gasteiger partial charge in [-0.25, -0.2) is 9.78 Å². The molecule has 0 atom stereocenters. The lowest BCUT2D eigenvalue weighted by molar-refractivity contribution is 0.0690. The van der Waals surface area contributed by atoms with E-state index in [9.17, 15) is 4.79 Å². The molecule has 0 spiro atoms. The van der Waals surface area contributed by atoms with Gasteiger partial charge in [0.1, 0.15) is 5.69 Å². The Morgan fingerprint density at radius 2 is 2.33 bits per heavy atom. The van der Waals surface area contributed by atoms with Gasteiger partial charge in [0.2, 0.25) is 0 Å². The fourth-order valence-corrected chi connectivity index (χ4v) is 2.66. The molecule has 82 valence electrons. The standard InChI is InChI=1S/C10H13NO2S2/c1-2-14-5-6-15-8-3-4-11-9(7-8)10(12)13/h3-4,7H,2,5-6H2,1H3,(H,12,13). The van der Waals surface area contributed by atoms with Crippen LogP contribution in [0.25, 0.3) is 0 Å². The highest BCUT2D eigenvalue weighted by Crippen LogP contribution is 2.19. The number of rotatable bonds is 6. The van der Waals surface area contributed by atoms with Crippen LogP contribution in [-0.2, 0) is 0 Å². The topological polar surface area (TPSA) is 50.2 Å². The second-order valence-electron chi connectivity index (χ2n) is 2.73. The smallest absolute Gasteiger partial charge is 0.354 e. The minimum atomic E-state index is -0.972. The van der Waals surface area contributed by atoms with Gasteiger partial charge in [-0.1, -0.05) is 6.92 Å². The predicted octanol–water partition coefficient (Wildman–Crippen LogP) is 2.62. The van der Waals surface area contributed by atoms with Crippen LogP contribution in [0.3, 0.4) is 0 Å². The lowest BCUT2D eigenvalue weighted by Gasteiger charge is -2.01. The third-order valence-corrected chi connectivity index (χ3v) is 3.81. The Bertz CT molecular complexity index is 331. The molecular formula is C10H13NO2S2. The molecule has 0 saturated heterocycles. The second kappa shape index (κ2) is 6.74. The van der Waals surface area contributed by atoms with Crippen LogP contribution in [-0.4, -0.2) is 33.3 Å². The molecule has 1 heterocycles. The van der Waals surface area contributed by atoms with Gasteiger partial charge in [0, 0.05) is 22.6 Å². The van der Waals surface area contributed by atoms with E-state index < -0.39 is 5.97 Å². The average Bonchev–Trinajstić information content (AvgIpc) is 2.25. The Kier molecular flexibility index (Phi) is 5.57. The first kappa shape index (κ1) is 12.4. The molecule has 0 unspecified atom stereocenters. The number of hydrogen-bond donors (Lipinski definition) is 1. The van der Waals surface area contributed by atoms with Crippen molar-refractivity contribution in [2.45, 2.75) is 11.8 Å². The number of pyridine rings is 1. The van der Waals surface area contributed by atoms with Crippen molar-refractivity contribution in [2.75, 3.05) is 17.3 Å². The maximum Gasteiger partial charge on any atom is 0.354 e. The number of nitrogens with zero attached hydrogens (tertiary/aromatic N) is 1. The molecule has 15 heavy (non-hydrogen) atoms. The fraction of sp³-hybridized carbons (Fsp3) is 0.400. The summed E-state index contributed by atoms with van der Waals surface area (Å²) in [4.78, 5) is 15.4. The molecular weight excluding hydrogens is 230 g/mol. The molecule has 0 aliphatic rings. The van der Waals surface area contributed by atoms with E-state index in [2.05, 4.69) is 11.9 Å². The Morgan fingerprint density at radius 3 is 3.00 bits per heavy atom. The minimum Gasteiger partial charge on any atom is -0.477 e. The van der Waals surface area contributed by atoms with Gasteiger partial charge in [-0.05, 0) is 17.9 Å². The maximum atomic E-state index is 10.7. The molecule has 0 amide bonds. The van der Waals surface area contributed by atoms with E-state index in [1.807, 2.05) is 17.8 Å². The maximum absolute atomic E-state index is 10.7. The van der Waals surface area contributed by atoms with Crippen LogP contribution < -0.4 is 0 Å². The van der Waals surface area contributed by atoms with Gasteiger partial charge in [-0.2, -0.15) is 11.8 Å². The summed E-state index contributed by atoms with van der Waals surface area (Å²) in [5, 5.41) is 8.74. The first-order valence-electron chi connectivity index (χ1n) is 4.64. The van der Waals surface area contributed by atoms with Gasteiger partial charge < -0.3 is 5.11 Å². The zero-order chi connectivity index (χ0) is 11.1. The van der Waals surface area contributed by atoms with Crippen LogP contribution >= 0.6 is 23.5 Å². The Hall–Kier alpha value is -0.680. The van der Waals surface area contributed by atoms with E-state index in [0.717, 1.165) is 22.2 Å². The molecule has 0 aliphatic carbocycles. The van der Waals surface area contributed by atoms with Crippen molar-refractivity contribution >= 4 is 29.5 Å². The average molecular weight is 243 g/mol. The molecule has 3 nitrogen and oxygen atoms in total. The van der Waals surface area contributed by atoms with E-state index in [1.165, 1.54) is 0 Å². The molecule has 1 rings (SSSR count). The van der Waals surface area contributed by atoms with Crippen LogP contribution in [0.2, 0.25) is 0 Å². The third-order valence-electron chi connectivity index (χ3n) is 1.65. The minimum absolute atomic E-state index is 0.114. The van der Waals surface area contributed by atoms with E-state index >= 15 is 0 Å². The molecule has 0 fully saturated rings. The lowest BCUT2D eigenvalue weighted by Crippen LogP contribution is -1.99. The molecule has 0 aromatic carbocycles. The van der Waals surface area contributed by atoms with E-state index in [-0.39, 0.29) is 5.69 Å². The predicted molar refractivity (Wildman–Crippen MR) is 64.9 cm³/mol. The summed E-state index contributed by atoms with van der Waals surface area (Å²) in [5.41, 5.74) is 0.114. The SMILES string of the molecule is CCSCCSc1ccnc(C(=O)O)c1. The normalized spacial score (nSPS) is 10.2. The monoisotopic (exact) mass is 243 g/mol. The fourth-order valence-electron chi connectivity index (χ4n) is 0.981. The lowest BCUT2D eigenvalue weighted by atomic mass is 10.4. The van der Waals surface area contributed by atoms with Crippen molar-refractivity contribution in [3.8, 4) is 0 Å². The Balaban J connectivity index is 2.47. The molecule has 1 N–H and O–H groups in total. The first-order chi connectivity index (χ1) is 7.24. The summed E-state index contributed by atoms with van der Waals surface area (Å²) in [5.74, 6) is 2.24. The number of hydrogen-bond acceptors (Lipinski definition) is 4.